The van der Waals surface area contributed by atoms with Crippen molar-refractivity contribution in [2.45, 2.75) is 45.6 Å². The van der Waals surface area contributed by atoms with Crippen molar-refractivity contribution < 1.29 is 13.2 Å². The Morgan fingerprint density at radius 3 is 2.38 bits per heavy atom. The number of carbonyl (C=O) groups excluding carboxylic acids is 1. The van der Waals surface area contributed by atoms with Crippen molar-refractivity contribution in [3.63, 3.8) is 0 Å². The predicted octanol–water partition coefficient (Wildman–Crippen LogP) is 2.14. The molecule has 0 radical (unpaired) electrons. The van der Waals surface area contributed by atoms with Gasteiger partial charge in [0.2, 0.25) is 15.9 Å². The van der Waals surface area contributed by atoms with Crippen molar-refractivity contribution in [2.75, 3.05) is 36.7 Å². The lowest BCUT2D eigenvalue weighted by Gasteiger charge is -2.29. The van der Waals surface area contributed by atoms with Crippen LogP contribution in [0.4, 0.5) is 5.69 Å². The summed E-state index contributed by atoms with van der Waals surface area (Å²) in [4.78, 5) is 14.9. The first-order valence-electron chi connectivity index (χ1n) is 9.35. The van der Waals surface area contributed by atoms with Gasteiger partial charge in [0.25, 0.3) is 0 Å². The Kier molecular flexibility index (Phi) is 7.46. The summed E-state index contributed by atoms with van der Waals surface area (Å²) in [5.41, 5.74) is 1.55. The van der Waals surface area contributed by atoms with E-state index < -0.39 is 16.1 Å². The van der Waals surface area contributed by atoms with Gasteiger partial charge in [-0.15, -0.1) is 0 Å². The van der Waals surface area contributed by atoms with E-state index in [1.165, 1.54) is 23.6 Å². The maximum Gasteiger partial charge on any atom is 0.243 e. The highest BCUT2D eigenvalue weighted by molar-refractivity contribution is 7.92. The molecule has 1 heterocycles. The molecule has 2 rings (SSSR count). The number of nitrogens with one attached hydrogen (secondary N) is 1. The van der Waals surface area contributed by atoms with Crippen molar-refractivity contribution >= 4 is 21.6 Å². The van der Waals surface area contributed by atoms with Gasteiger partial charge in [0, 0.05) is 6.54 Å². The van der Waals surface area contributed by atoms with E-state index in [2.05, 4.69) is 10.2 Å². The summed E-state index contributed by atoms with van der Waals surface area (Å²) in [7, 11) is -3.56. The second-order valence-corrected chi connectivity index (χ2v) is 8.98. The smallest absolute Gasteiger partial charge is 0.243 e. The molecule has 1 aliphatic rings. The van der Waals surface area contributed by atoms with Crippen LogP contribution in [0.5, 0.6) is 0 Å². The molecule has 6 nitrogen and oxygen atoms in total. The first-order valence-corrected chi connectivity index (χ1v) is 11.2. The molecule has 146 valence electrons. The number of rotatable bonds is 8. The van der Waals surface area contributed by atoms with Crippen LogP contribution in [0, 0.1) is 6.92 Å². The Balaban J connectivity index is 1.91. The molecular formula is C19H31N3O3S. The third-order valence-corrected chi connectivity index (χ3v) is 6.02. The fraction of sp³-hybridized carbons (Fsp3) is 0.632. The SMILES string of the molecule is Cc1ccc(N(C(C)C(=O)NCCCN2CCCCC2)S(C)(=O)=O)cc1. The third-order valence-electron chi connectivity index (χ3n) is 4.78. The van der Waals surface area contributed by atoms with Gasteiger partial charge in [-0.05, 0) is 64.9 Å². The maximum absolute atomic E-state index is 12.5. The van der Waals surface area contributed by atoms with Gasteiger partial charge >= 0.3 is 0 Å². The minimum Gasteiger partial charge on any atom is -0.354 e. The molecule has 26 heavy (non-hydrogen) atoms. The molecule has 1 aromatic carbocycles. The molecule has 0 spiro atoms. The molecule has 0 bridgehead atoms. The second-order valence-electron chi connectivity index (χ2n) is 7.12. The summed E-state index contributed by atoms with van der Waals surface area (Å²) in [5.74, 6) is -0.269. The number of hydrogen-bond acceptors (Lipinski definition) is 4. The topological polar surface area (TPSA) is 69.7 Å². The molecule has 7 heteroatoms. The molecule has 1 saturated heterocycles. The van der Waals surface area contributed by atoms with Crippen LogP contribution in [0.1, 0.15) is 38.2 Å². The van der Waals surface area contributed by atoms with Gasteiger partial charge in [-0.25, -0.2) is 8.42 Å². The molecule has 1 unspecified atom stereocenters. The number of piperidine rings is 1. The van der Waals surface area contributed by atoms with Crippen LogP contribution in [0.15, 0.2) is 24.3 Å². The van der Waals surface area contributed by atoms with Gasteiger partial charge in [-0.3, -0.25) is 9.10 Å². The summed E-state index contributed by atoms with van der Waals surface area (Å²) < 4.78 is 25.7. The number of benzene rings is 1. The van der Waals surface area contributed by atoms with Crippen molar-refractivity contribution in [1.82, 2.24) is 10.2 Å². The Morgan fingerprint density at radius 2 is 1.81 bits per heavy atom. The lowest BCUT2D eigenvalue weighted by molar-refractivity contribution is -0.121. The zero-order chi connectivity index (χ0) is 19.2. The highest BCUT2D eigenvalue weighted by Crippen LogP contribution is 2.21. The van der Waals surface area contributed by atoms with Crippen LogP contribution in [-0.4, -0.2) is 57.7 Å². The van der Waals surface area contributed by atoms with E-state index in [1.807, 2.05) is 19.1 Å². The number of nitrogens with zero attached hydrogens (tertiary/aromatic N) is 2. The molecule has 0 aromatic heterocycles. The standard InChI is InChI=1S/C19H31N3O3S/c1-16-8-10-18(11-9-16)22(26(3,24)25)17(2)19(23)20-12-7-15-21-13-5-4-6-14-21/h8-11,17H,4-7,12-15H2,1-3H3,(H,20,23). The number of aryl methyl sites for hydroxylation is 1. The number of anilines is 1. The van der Waals surface area contributed by atoms with Crippen molar-refractivity contribution in [1.29, 1.82) is 0 Å². The first kappa shape index (κ1) is 20.7. The van der Waals surface area contributed by atoms with Gasteiger partial charge < -0.3 is 10.2 Å². The largest absolute Gasteiger partial charge is 0.354 e. The van der Waals surface area contributed by atoms with E-state index >= 15 is 0 Å². The van der Waals surface area contributed by atoms with Crippen molar-refractivity contribution in [2.24, 2.45) is 0 Å². The molecule has 1 amide bonds. The zero-order valence-electron chi connectivity index (χ0n) is 16.1. The summed E-state index contributed by atoms with van der Waals surface area (Å²) in [6, 6.07) is 6.36. The lowest BCUT2D eigenvalue weighted by Crippen LogP contribution is -2.48. The van der Waals surface area contributed by atoms with Crippen LogP contribution in [-0.2, 0) is 14.8 Å². The fourth-order valence-corrected chi connectivity index (χ4v) is 4.52. The summed E-state index contributed by atoms with van der Waals surface area (Å²) in [6.45, 7) is 7.38. The molecular weight excluding hydrogens is 350 g/mol. The first-order chi connectivity index (χ1) is 12.3. The highest BCUT2D eigenvalue weighted by Gasteiger charge is 2.28. The number of hydrogen-bond donors (Lipinski definition) is 1. The molecule has 1 atom stereocenters. The van der Waals surface area contributed by atoms with E-state index in [1.54, 1.807) is 19.1 Å². The van der Waals surface area contributed by atoms with E-state index in [9.17, 15) is 13.2 Å². The molecule has 1 aromatic rings. The van der Waals surface area contributed by atoms with Gasteiger partial charge in [-0.1, -0.05) is 24.1 Å². The van der Waals surface area contributed by atoms with Crippen LogP contribution in [0.2, 0.25) is 0 Å². The van der Waals surface area contributed by atoms with Crippen molar-refractivity contribution in [3.05, 3.63) is 29.8 Å². The quantitative estimate of drug-likeness (QED) is 0.701. The Labute approximate surface area is 157 Å². The van der Waals surface area contributed by atoms with Gasteiger partial charge in [0.15, 0.2) is 0 Å². The minimum atomic E-state index is -3.56. The van der Waals surface area contributed by atoms with Crippen LogP contribution < -0.4 is 9.62 Å². The Bertz CT molecular complexity index is 682. The van der Waals surface area contributed by atoms with E-state index in [-0.39, 0.29) is 5.91 Å². The zero-order valence-corrected chi connectivity index (χ0v) is 16.9. The van der Waals surface area contributed by atoms with Crippen LogP contribution in [0.25, 0.3) is 0 Å². The Morgan fingerprint density at radius 1 is 1.19 bits per heavy atom. The number of sulfonamides is 1. The average molecular weight is 382 g/mol. The molecule has 0 saturated carbocycles. The van der Waals surface area contributed by atoms with E-state index in [0.717, 1.165) is 37.9 Å². The van der Waals surface area contributed by atoms with E-state index in [0.29, 0.717) is 12.2 Å². The molecule has 1 N–H and O–H groups in total. The maximum atomic E-state index is 12.5. The monoisotopic (exact) mass is 381 g/mol. The summed E-state index contributed by atoms with van der Waals surface area (Å²) in [6.07, 6.45) is 5.83. The van der Waals surface area contributed by atoms with Crippen LogP contribution >= 0.6 is 0 Å². The van der Waals surface area contributed by atoms with Gasteiger partial charge in [0.1, 0.15) is 6.04 Å². The van der Waals surface area contributed by atoms with Crippen LogP contribution in [0.3, 0.4) is 0 Å². The number of amides is 1. The molecule has 1 fully saturated rings. The molecule has 0 aliphatic carbocycles. The van der Waals surface area contributed by atoms with Crippen molar-refractivity contribution in [3.8, 4) is 0 Å². The van der Waals surface area contributed by atoms with E-state index in [4.69, 9.17) is 0 Å². The van der Waals surface area contributed by atoms with Gasteiger partial charge in [0.05, 0.1) is 11.9 Å². The number of carbonyl (C=O) groups is 1. The number of likely N-dealkylation sites (tertiary alicyclic amines) is 1. The Hall–Kier alpha value is -1.60. The summed E-state index contributed by atoms with van der Waals surface area (Å²) >= 11 is 0. The minimum absolute atomic E-state index is 0.269. The average Bonchev–Trinajstić information content (AvgIpc) is 2.60. The van der Waals surface area contributed by atoms with Gasteiger partial charge in [-0.2, -0.15) is 0 Å². The molecule has 1 aliphatic heterocycles. The third kappa shape index (κ3) is 5.99. The fourth-order valence-electron chi connectivity index (χ4n) is 3.35. The predicted molar refractivity (Wildman–Crippen MR) is 106 cm³/mol. The second kappa shape index (κ2) is 9.37. The normalized spacial score (nSPS) is 16.9. The highest BCUT2D eigenvalue weighted by atomic mass is 32.2. The summed E-state index contributed by atoms with van der Waals surface area (Å²) in [5, 5.41) is 2.88. The lowest BCUT2D eigenvalue weighted by atomic mass is 10.1.